The third kappa shape index (κ3) is 4.23. The Bertz CT molecular complexity index is 759. The van der Waals surface area contributed by atoms with Gasteiger partial charge < -0.3 is 10.2 Å². The third-order valence-corrected chi connectivity index (χ3v) is 3.61. The number of nitrogens with one attached hydrogen (secondary N) is 1. The second-order valence-electron chi connectivity index (χ2n) is 5.82. The van der Waals surface area contributed by atoms with E-state index in [1.54, 1.807) is 12.4 Å². The Morgan fingerprint density at radius 3 is 2.65 bits per heavy atom. The topological polar surface area (TPSA) is 53.9 Å². The first-order valence-electron chi connectivity index (χ1n) is 7.77. The van der Waals surface area contributed by atoms with E-state index in [2.05, 4.69) is 63.4 Å². The summed E-state index contributed by atoms with van der Waals surface area (Å²) in [6.07, 6.45) is 3.34. The molecule has 0 spiro atoms. The zero-order chi connectivity index (χ0) is 16.1. The molecule has 0 fully saturated rings. The van der Waals surface area contributed by atoms with Gasteiger partial charge in [0.1, 0.15) is 11.3 Å². The van der Waals surface area contributed by atoms with Gasteiger partial charge in [0.05, 0.1) is 0 Å². The molecule has 5 heteroatoms. The molecule has 0 bridgehead atoms. The molecule has 2 heterocycles. The summed E-state index contributed by atoms with van der Waals surface area (Å²) in [5, 5.41) is 3.43. The van der Waals surface area contributed by atoms with E-state index in [1.165, 1.54) is 5.56 Å². The average molecular weight is 307 g/mol. The lowest BCUT2D eigenvalue weighted by molar-refractivity contribution is 0.316. The maximum absolute atomic E-state index is 4.50. The highest BCUT2D eigenvalue weighted by atomic mass is 15.1. The molecule has 1 N–H and O–H groups in total. The molecule has 0 aliphatic rings. The summed E-state index contributed by atoms with van der Waals surface area (Å²) in [4.78, 5) is 15.3. The zero-order valence-corrected chi connectivity index (χ0v) is 13.5. The van der Waals surface area contributed by atoms with E-state index in [4.69, 9.17) is 0 Å². The molecule has 0 aliphatic carbocycles. The number of hydrogen-bond acceptors (Lipinski definition) is 5. The normalized spacial score (nSPS) is 12.5. The Kier molecular flexibility index (Phi) is 4.78. The molecular weight excluding hydrogens is 286 g/mol. The summed E-state index contributed by atoms with van der Waals surface area (Å²) in [6.45, 7) is 4.02. The Balaban J connectivity index is 1.58. The van der Waals surface area contributed by atoms with E-state index in [9.17, 15) is 0 Å². The van der Waals surface area contributed by atoms with E-state index in [0.29, 0.717) is 5.65 Å². The van der Waals surface area contributed by atoms with Crippen LogP contribution in [0.2, 0.25) is 0 Å². The lowest BCUT2D eigenvalue weighted by atomic mass is 10.2. The summed E-state index contributed by atoms with van der Waals surface area (Å²) < 4.78 is 0. The van der Waals surface area contributed by atoms with Crippen molar-refractivity contribution in [1.82, 2.24) is 19.9 Å². The largest absolute Gasteiger partial charge is 0.366 e. The summed E-state index contributed by atoms with van der Waals surface area (Å²) in [6, 6.07) is 14.7. The molecule has 0 saturated carbocycles. The summed E-state index contributed by atoms with van der Waals surface area (Å²) in [5.74, 6) is 0.832. The molecule has 23 heavy (non-hydrogen) atoms. The highest BCUT2D eigenvalue weighted by molar-refractivity contribution is 5.71. The van der Waals surface area contributed by atoms with Crippen molar-refractivity contribution < 1.29 is 0 Å². The van der Waals surface area contributed by atoms with Gasteiger partial charge in [-0.15, -0.1) is 0 Å². The molecule has 0 aliphatic heterocycles. The van der Waals surface area contributed by atoms with Gasteiger partial charge in [0.15, 0.2) is 5.65 Å². The van der Waals surface area contributed by atoms with Crippen LogP contribution in [0, 0.1) is 0 Å². The monoisotopic (exact) mass is 307 g/mol. The highest BCUT2D eigenvalue weighted by Crippen LogP contribution is 2.12. The molecule has 3 aromatic rings. The van der Waals surface area contributed by atoms with Crippen LogP contribution in [0.15, 0.2) is 54.9 Å². The van der Waals surface area contributed by atoms with Crippen LogP contribution in [0.4, 0.5) is 5.82 Å². The zero-order valence-electron chi connectivity index (χ0n) is 13.5. The predicted octanol–water partition coefficient (Wildman–Crippen LogP) is 2.96. The number of benzene rings is 1. The smallest absolute Gasteiger partial charge is 0.180 e. The van der Waals surface area contributed by atoms with Crippen molar-refractivity contribution in [2.24, 2.45) is 0 Å². The van der Waals surface area contributed by atoms with E-state index < -0.39 is 0 Å². The van der Waals surface area contributed by atoms with Gasteiger partial charge in [0.25, 0.3) is 0 Å². The third-order valence-electron chi connectivity index (χ3n) is 3.61. The van der Waals surface area contributed by atoms with Crippen LogP contribution in [-0.2, 0) is 6.54 Å². The van der Waals surface area contributed by atoms with Crippen molar-refractivity contribution >= 4 is 17.0 Å². The number of anilines is 1. The first kappa shape index (κ1) is 15.4. The van der Waals surface area contributed by atoms with E-state index in [-0.39, 0.29) is 6.04 Å². The van der Waals surface area contributed by atoms with Crippen molar-refractivity contribution in [1.29, 1.82) is 0 Å². The average Bonchev–Trinajstić information content (AvgIpc) is 2.55. The minimum Gasteiger partial charge on any atom is -0.366 e. The molecule has 0 radical (unpaired) electrons. The Morgan fingerprint density at radius 1 is 1.04 bits per heavy atom. The Morgan fingerprint density at radius 2 is 1.83 bits per heavy atom. The standard InChI is InChI=1S/C18H21N5/c1-14(12-23(2)13-15-6-4-3-5-7-15)21-17-9-8-16-18(22-17)20-11-10-19-16/h3-11,14H,12-13H2,1-2H3,(H,20,21,22). The number of rotatable bonds is 6. The van der Waals surface area contributed by atoms with Gasteiger partial charge >= 0.3 is 0 Å². The molecule has 1 atom stereocenters. The molecule has 1 aromatic carbocycles. The van der Waals surface area contributed by atoms with Crippen molar-refractivity contribution in [2.45, 2.75) is 19.5 Å². The Labute approximate surface area is 136 Å². The molecule has 0 saturated heterocycles. The second-order valence-corrected chi connectivity index (χ2v) is 5.82. The maximum Gasteiger partial charge on any atom is 0.180 e. The predicted molar refractivity (Wildman–Crippen MR) is 93.2 cm³/mol. The molecule has 2 aromatic heterocycles. The van der Waals surface area contributed by atoms with E-state index >= 15 is 0 Å². The SMILES string of the molecule is CC(CN(C)Cc1ccccc1)Nc1ccc2nccnc2n1. The molecular formula is C18H21N5. The number of pyridine rings is 1. The molecule has 0 amide bonds. The van der Waals surface area contributed by atoms with Gasteiger partial charge in [-0.3, -0.25) is 4.98 Å². The number of nitrogens with zero attached hydrogens (tertiary/aromatic N) is 4. The fourth-order valence-electron chi connectivity index (χ4n) is 2.66. The van der Waals surface area contributed by atoms with Crippen LogP contribution in [0.3, 0.4) is 0 Å². The minimum atomic E-state index is 0.283. The molecule has 3 rings (SSSR count). The van der Waals surface area contributed by atoms with Crippen LogP contribution in [-0.4, -0.2) is 39.5 Å². The van der Waals surface area contributed by atoms with Gasteiger partial charge in [0, 0.05) is 31.5 Å². The van der Waals surface area contributed by atoms with Gasteiger partial charge in [-0.05, 0) is 31.7 Å². The van der Waals surface area contributed by atoms with Gasteiger partial charge in [-0.2, -0.15) is 0 Å². The first-order valence-corrected chi connectivity index (χ1v) is 7.77. The summed E-state index contributed by atoms with van der Waals surface area (Å²) >= 11 is 0. The maximum atomic E-state index is 4.50. The van der Waals surface area contributed by atoms with Crippen LogP contribution in [0.25, 0.3) is 11.2 Å². The van der Waals surface area contributed by atoms with Crippen molar-refractivity contribution in [2.75, 3.05) is 18.9 Å². The van der Waals surface area contributed by atoms with E-state index in [0.717, 1.165) is 24.4 Å². The minimum absolute atomic E-state index is 0.283. The van der Waals surface area contributed by atoms with Crippen molar-refractivity contribution in [3.05, 3.63) is 60.4 Å². The number of likely N-dealkylation sites (N-methyl/N-ethyl adjacent to an activating group) is 1. The van der Waals surface area contributed by atoms with E-state index in [1.807, 2.05) is 18.2 Å². The Hall–Kier alpha value is -2.53. The lowest BCUT2D eigenvalue weighted by Crippen LogP contribution is -2.32. The fourth-order valence-corrected chi connectivity index (χ4v) is 2.66. The van der Waals surface area contributed by atoms with Crippen LogP contribution >= 0.6 is 0 Å². The molecule has 1 unspecified atom stereocenters. The van der Waals surface area contributed by atoms with Crippen molar-refractivity contribution in [3.63, 3.8) is 0 Å². The second kappa shape index (κ2) is 7.15. The summed E-state index contributed by atoms with van der Waals surface area (Å²) in [7, 11) is 2.13. The highest BCUT2D eigenvalue weighted by Gasteiger charge is 2.08. The van der Waals surface area contributed by atoms with Gasteiger partial charge in [-0.1, -0.05) is 30.3 Å². The number of hydrogen-bond donors (Lipinski definition) is 1. The number of fused-ring (bicyclic) bond motifs is 1. The van der Waals surface area contributed by atoms with Crippen molar-refractivity contribution in [3.8, 4) is 0 Å². The number of aromatic nitrogens is 3. The lowest BCUT2D eigenvalue weighted by Gasteiger charge is -2.22. The first-order chi connectivity index (χ1) is 11.2. The molecule has 5 nitrogen and oxygen atoms in total. The summed E-state index contributed by atoms with van der Waals surface area (Å²) in [5.41, 5.74) is 2.80. The van der Waals surface area contributed by atoms with Crippen LogP contribution in [0.5, 0.6) is 0 Å². The van der Waals surface area contributed by atoms with Gasteiger partial charge in [-0.25, -0.2) is 9.97 Å². The fraction of sp³-hybridized carbons (Fsp3) is 0.278. The van der Waals surface area contributed by atoms with Crippen LogP contribution in [0.1, 0.15) is 12.5 Å². The van der Waals surface area contributed by atoms with Crippen LogP contribution < -0.4 is 5.32 Å². The van der Waals surface area contributed by atoms with Gasteiger partial charge in [0.2, 0.25) is 0 Å². The quantitative estimate of drug-likeness (QED) is 0.759. The molecule has 118 valence electrons.